The Balaban J connectivity index is 2.02. The van der Waals surface area contributed by atoms with Gasteiger partial charge >= 0.3 is 11.9 Å². The molecule has 6 nitrogen and oxygen atoms in total. The first-order valence-electron chi connectivity index (χ1n) is 8.17. The Hall–Kier alpha value is -2.19. The number of carbonyl (C=O) groups is 3. The van der Waals surface area contributed by atoms with E-state index in [1.165, 1.54) is 17.0 Å². The van der Waals surface area contributed by atoms with Crippen molar-refractivity contribution in [2.24, 2.45) is 0 Å². The van der Waals surface area contributed by atoms with E-state index in [4.69, 9.17) is 17.0 Å². The minimum atomic E-state index is -1.06. The summed E-state index contributed by atoms with van der Waals surface area (Å²) < 4.78 is 5.40. The van der Waals surface area contributed by atoms with E-state index in [0.29, 0.717) is 34.4 Å². The van der Waals surface area contributed by atoms with Crippen molar-refractivity contribution in [3.63, 3.8) is 0 Å². The third-order valence-electron chi connectivity index (χ3n) is 3.58. The highest BCUT2D eigenvalue weighted by molar-refractivity contribution is 8.26. The molecule has 1 aliphatic heterocycles. The maximum atomic E-state index is 12.5. The lowest BCUT2D eigenvalue weighted by molar-refractivity contribution is -0.144. The van der Waals surface area contributed by atoms with Crippen molar-refractivity contribution in [1.29, 1.82) is 0 Å². The van der Waals surface area contributed by atoms with Crippen LogP contribution in [-0.2, 0) is 14.3 Å². The summed E-state index contributed by atoms with van der Waals surface area (Å²) in [5.74, 6) is -1.62. The van der Waals surface area contributed by atoms with E-state index < -0.39 is 5.97 Å². The van der Waals surface area contributed by atoms with Crippen LogP contribution >= 0.6 is 24.0 Å². The Labute approximate surface area is 161 Å². The van der Waals surface area contributed by atoms with Gasteiger partial charge in [-0.15, -0.1) is 0 Å². The van der Waals surface area contributed by atoms with Gasteiger partial charge in [0.05, 0.1) is 17.1 Å². The normalized spacial score (nSPS) is 15.6. The summed E-state index contributed by atoms with van der Waals surface area (Å²) in [6, 6.07) is 6.46. The molecule has 8 heteroatoms. The zero-order valence-corrected chi connectivity index (χ0v) is 15.9. The molecular formula is C18H19NO5S2. The summed E-state index contributed by atoms with van der Waals surface area (Å²) in [5.41, 5.74) is 0.570. The van der Waals surface area contributed by atoms with Crippen molar-refractivity contribution >= 4 is 52.2 Å². The number of esters is 1. The predicted molar refractivity (Wildman–Crippen MR) is 104 cm³/mol. The van der Waals surface area contributed by atoms with Crippen LogP contribution in [0.4, 0.5) is 0 Å². The molecule has 0 aliphatic carbocycles. The number of ether oxygens (including phenoxy) is 1. The van der Waals surface area contributed by atoms with Gasteiger partial charge in [0.25, 0.3) is 5.91 Å². The number of carboxylic acid groups (broad SMARTS) is 1. The van der Waals surface area contributed by atoms with Crippen molar-refractivity contribution in [1.82, 2.24) is 4.90 Å². The average molecular weight is 393 g/mol. The molecule has 0 atom stereocenters. The largest absolute Gasteiger partial charge is 0.478 e. The first kappa shape index (κ1) is 20.1. The molecule has 0 bridgehead atoms. The smallest absolute Gasteiger partial charge is 0.336 e. The second-order valence-corrected chi connectivity index (χ2v) is 7.23. The molecule has 1 heterocycles. The second kappa shape index (κ2) is 9.49. The van der Waals surface area contributed by atoms with Crippen LogP contribution in [0.25, 0.3) is 6.08 Å². The predicted octanol–water partition coefficient (Wildman–Crippen LogP) is 3.32. The number of benzene rings is 1. The van der Waals surface area contributed by atoms with Crippen LogP contribution in [0, 0.1) is 0 Å². The molecule has 2 rings (SSSR count). The minimum Gasteiger partial charge on any atom is -0.478 e. The number of amides is 1. The van der Waals surface area contributed by atoms with Crippen molar-refractivity contribution < 1.29 is 24.2 Å². The van der Waals surface area contributed by atoms with Crippen LogP contribution in [-0.4, -0.2) is 45.3 Å². The van der Waals surface area contributed by atoms with E-state index in [9.17, 15) is 19.5 Å². The van der Waals surface area contributed by atoms with E-state index in [0.717, 1.165) is 18.2 Å². The number of thiocarbonyl (C=S) groups is 1. The Morgan fingerprint density at radius 2 is 2.08 bits per heavy atom. The highest BCUT2D eigenvalue weighted by atomic mass is 32.2. The molecule has 1 aromatic carbocycles. The third kappa shape index (κ3) is 5.15. The van der Waals surface area contributed by atoms with E-state index in [1.54, 1.807) is 18.2 Å². The second-order valence-electron chi connectivity index (χ2n) is 5.55. The van der Waals surface area contributed by atoms with Crippen LogP contribution in [0.2, 0.25) is 0 Å². The Kier molecular flexibility index (Phi) is 7.35. The summed E-state index contributed by atoms with van der Waals surface area (Å²) in [6.07, 6.45) is 2.98. The van der Waals surface area contributed by atoms with E-state index in [1.807, 2.05) is 6.92 Å². The summed E-state index contributed by atoms with van der Waals surface area (Å²) in [7, 11) is 0. The van der Waals surface area contributed by atoms with Crippen molar-refractivity contribution in [3.05, 3.63) is 40.3 Å². The van der Waals surface area contributed by atoms with Crippen molar-refractivity contribution in [2.45, 2.75) is 26.2 Å². The molecule has 1 saturated heterocycles. The molecule has 0 unspecified atom stereocenters. The maximum absolute atomic E-state index is 12.5. The first-order valence-corrected chi connectivity index (χ1v) is 9.39. The number of rotatable bonds is 8. The van der Waals surface area contributed by atoms with Gasteiger partial charge in [0.2, 0.25) is 0 Å². The lowest BCUT2D eigenvalue weighted by Gasteiger charge is -2.13. The third-order valence-corrected chi connectivity index (χ3v) is 4.96. The molecule has 1 aromatic rings. The standard InChI is InChI=1S/C18H19NO5S2/c1-2-10-24-15(20)8-5-9-19-16(21)14(26-18(19)25)11-12-6-3-4-7-13(12)17(22)23/h3-4,6-7,11H,2,5,8-10H2,1H3,(H,22,23)/b14-11+. The fourth-order valence-corrected chi connectivity index (χ4v) is 3.62. The summed E-state index contributed by atoms with van der Waals surface area (Å²) in [4.78, 5) is 37.1. The summed E-state index contributed by atoms with van der Waals surface area (Å²) in [6.45, 7) is 2.64. The molecule has 0 aromatic heterocycles. The first-order chi connectivity index (χ1) is 12.4. The van der Waals surface area contributed by atoms with Crippen LogP contribution in [0.5, 0.6) is 0 Å². The molecule has 0 saturated carbocycles. The fourth-order valence-electron chi connectivity index (χ4n) is 2.32. The number of nitrogens with zero attached hydrogens (tertiary/aromatic N) is 1. The Bertz CT molecular complexity index is 760. The van der Waals surface area contributed by atoms with Gasteiger partial charge < -0.3 is 9.84 Å². The summed E-state index contributed by atoms with van der Waals surface area (Å²) >= 11 is 6.37. The van der Waals surface area contributed by atoms with Gasteiger partial charge in [-0.1, -0.05) is 49.1 Å². The lowest BCUT2D eigenvalue weighted by Crippen LogP contribution is -2.29. The van der Waals surface area contributed by atoms with Gasteiger partial charge in [-0.2, -0.15) is 0 Å². The van der Waals surface area contributed by atoms with Gasteiger partial charge in [0.15, 0.2) is 0 Å². The van der Waals surface area contributed by atoms with Crippen LogP contribution < -0.4 is 0 Å². The highest BCUT2D eigenvalue weighted by Gasteiger charge is 2.32. The SMILES string of the molecule is CCCOC(=O)CCCN1C(=O)/C(=C\c2ccccc2C(=O)O)SC1=S. The molecule has 1 amide bonds. The summed E-state index contributed by atoms with van der Waals surface area (Å²) in [5, 5.41) is 9.24. The van der Waals surface area contributed by atoms with Crippen molar-refractivity contribution in [3.8, 4) is 0 Å². The molecule has 26 heavy (non-hydrogen) atoms. The maximum Gasteiger partial charge on any atom is 0.336 e. The zero-order valence-electron chi connectivity index (χ0n) is 14.3. The minimum absolute atomic E-state index is 0.122. The number of aromatic carboxylic acids is 1. The Morgan fingerprint density at radius 3 is 2.77 bits per heavy atom. The average Bonchev–Trinajstić information content (AvgIpc) is 2.87. The van der Waals surface area contributed by atoms with Gasteiger partial charge in [0, 0.05) is 13.0 Å². The van der Waals surface area contributed by atoms with E-state index in [2.05, 4.69) is 0 Å². The Morgan fingerprint density at radius 1 is 1.35 bits per heavy atom. The quantitative estimate of drug-likeness (QED) is 0.412. The molecule has 1 aliphatic rings. The number of hydrogen-bond acceptors (Lipinski definition) is 6. The molecule has 1 N–H and O–H groups in total. The van der Waals surface area contributed by atoms with E-state index >= 15 is 0 Å². The topological polar surface area (TPSA) is 83.9 Å². The van der Waals surface area contributed by atoms with Crippen LogP contribution in [0.1, 0.15) is 42.1 Å². The number of carboxylic acids is 1. The monoisotopic (exact) mass is 393 g/mol. The van der Waals surface area contributed by atoms with E-state index in [-0.39, 0.29) is 23.9 Å². The van der Waals surface area contributed by atoms with Crippen molar-refractivity contribution in [2.75, 3.05) is 13.2 Å². The van der Waals surface area contributed by atoms with Crippen LogP contribution in [0.15, 0.2) is 29.2 Å². The molecular weight excluding hydrogens is 374 g/mol. The van der Waals surface area contributed by atoms with Gasteiger partial charge in [-0.05, 0) is 30.5 Å². The number of carbonyl (C=O) groups excluding carboxylic acids is 2. The lowest BCUT2D eigenvalue weighted by atomic mass is 10.1. The fraction of sp³-hybridized carbons (Fsp3) is 0.333. The van der Waals surface area contributed by atoms with Crippen LogP contribution in [0.3, 0.4) is 0 Å². The molecule has 1 fully saturated rings. The zero-order chi connectivity index (χ0) is 19.1. The molecule has 0 spiro atoms. The van der Waals surface area contributed by atoms with Gasteiger partial charge in [-0.25, -0.2) is 4.79 Å². The van der Waals surface area contributed by atoms with Gasteiger partial charge in [0.1, 0.15) is 4.32 Å². The van der Waals surface area contributed by atoms with Gasteiger partial charge in [-0.3, -0.25) is 14.5 Å². The number of thioether (sulfide) groups is 1. The molecule has 0 radical (unpaired) electrons. The number of hydrogen-bond donors (Lipinski definition) is 1. The molecule has 138 valence electrons. The highest BCUT2D eigenvalue weighted by Crippen LogP contribution is 2.33.